The third-order valence-corrected chi connectivity index (χ3v) is 6.78. The minimum atomic E-state index is -0.880. The minimum Gasteiger partial charge on any atom is -0.317 e. The lowest BCUT2D eigenvalue weighted by molar-refractivity contribution is -0.122. The number of nitrogens with one attached hydrogen (secondary N) is 1. The average Bonchev–Trinajstić information content (AvgIpc) is 3.06. The molecule has 1 N–H and O–H groups in total. The fraction of sp³-hybridized carbons (Fsp3) is 0.192. The predicted octanol–water partition coefficient (Wildman–Crippen LogP) is 5.94. The summed E-state index contributed by atoms with van der Waals surface area (Å²) >= 11 is 12.3. The molecular weight excluding hydrogens is 473 g/mol. The Morgan fingerprint density at radius 1 is 1.00 bits per heavy atom. The smallest absolute Gasteiger partial charge is 0.317 e. The molecule has 4 amide bonds. The summed E-state index contributed by atoms with van der Waals surface area (Å²) in [7, 11) is 0. The van der Waals surface area contributed by atoms with E-state index in [0.29, 0.717) is 5.56 Å². The van der Waals surface area contributed by atoms with Gasteiger partial charge in [-0.3, -0.25) is 14.9 Å². The minimum absolute atomic E-state index is 0.0474. The van der Waals surface area contributed by atoms with E-state index in [1.54, 1.807) is 12.1 Å². The van der Waals surface area contributed by atoms with E-state index in [1.807, 2.05) is 26.0 Å². The zero-order valence-corrected chi connectivity index (χ0v) is 20.7. The van der Waals surface area contributed by atoms with Gasteiger partial charge in [0, 0.05) is 11.4 Å². The van der Waals surface area contributed by atoms with Gasteiger partial charge in [-0.25, -0.2) is 9.69 Å². The lowest BCUT2D eigenvalue weighted by Gasteiger charge is -2.27. The van der Waals surface area contributed by atoms with Crippen LogP contribution in [0.1, 0.15) is 35.0 Å². The summed E-state index contributed by atoms with van der Waals surface area (Å²) < 4.78 is 2.13. The van der Waals surface area contributed by atoms with Crippen molar-refractivity contribution in [2.24, 2.45) is 0 Å². The van der Waals surface area contributed by atoms with Gasteiger partial charge in [0.15, 0.2) is 0 Å². The highest BCUT2D eigenvalue weighted by molar-refractivity contribution is 6.46. The second-order valence-electron chi connectivity index (χ2n) is 8.13. The summed E-state index contributed by atoms with van der Waals surface area (Å²) in [5.41, 5.74) is 5.88. The van der Waals surface area contributed by atoms with E-state index >= 15 is 0 Å². The van der Waals surface area contributed by atoms with E-state index in [4.69, 9.17) is 23.2 Å². The lowest BCUT2D eigenvalue weighted by atomic mass is 10.0. The molecule has 0 saturated carbocycles. The number of urea groups is 1. The van der Waals surface area contributed by atoms with Gasteiger partial charge in [0.05, 0.1) is 21.4 Å². The quantitative estimate of drug-likeness (QED) is 0.359. The first-order valence-electron chi connectivity index (χ1n) is 10.8. The van der Waals surface area contributed by atoms with Gasteiger partial charge in [-0.2, -0.15) is 0 Å². The van der Waals surface area contributed by atoms with Crippen molar-refractivity contribution in [2.75, 3.05) is 4.90 Å². The Labute approximate surface area is 207 Å². The number of imide groups is 2. The molecule has 0 unspecified atom stereocenters. The molecule has 0 aliphatic carbocycles. The molecule has 34 heavy (non-hydrogen) atoms. The average molecular weight is 496 g/mol. The first-order chi connectivity index (χ1) is 16.1. The molecule has 3 aromatic rings. The summed E-state index contributed by atoms with van der Waals surface area (Å²) in [4.78, 5) is 39.3. The van der Waals surface area contributed by atoms with Gasteiger partial charge in [-0.1, -0.05) is 54.4 Å². The monoisotopic (exact) mass is 495 g/mol. The number of hydrogen-bond donors (Lipinski definition) is 1. The molecule has 2 aromatic carbocycles. The number of halogens is 2. The first-order valence-corrected chi connectivity index (χ1v) is 11.5. The highest BCUT2D eigenvalue weighted by Crippen LogP contribution is 2.35. The second kappa shape index (κ2) is 9.12. The van der Waals surface area contributed by atoms with Crippen LogP contribution in [-0.2, 0) is 16.0 Å². The standard InChI is InChI=1S/C26H23Cl2N3O3/c1-5-17-9-6-8-14(2)23(17)30-15(3)12-18(16(30)4)13-19-24(32)29-26(34)31(25(19)33)21-11-7-10-20(27)22(21)28/h6-13H,5H2,1-4H3,(H,29,32,34)/b19-13+. The zero-order valence-electron chi connectivity index (χ0n) is 19.2. The van der Waals surface area contributed by atoms with Crippen molar-refractivity contribution in [2.45, 2.75) is 34.1 Å². The maximum Gasteiger partial charge on any atom is 0.336 e. The van der Waals surface area contributed by atoms with Crippen LogP contribution in [0.4, 0.5) is 10.5 Å². The highest BCUT2D eigenvalue weighted by Gasteiger charge is 2.38. The van der Waals surface area contributed by atoms with E-state index in [-0.39, 0.29) is 21.3 Å². The van der Waals surface area contributed by atoms with Gasteiger partial charge in [0.25, 0.3) is 11.8 Å². The SMILES string of the molecule is CCc1cccc(C)c1-n1c(C)cc(/C=C2\C(=O)NC(=O)N(c3cccc(Cl)c3Cl)C2=O)c1C. The molecule has 1 fully saturated rings. The fourth-order valence-corrected chi connectivity index (χ4v) is 4.68. The molecular formula is C26H23Cl2N3O3. The largest absolute Gasteiger partial charge is 0.336 e. The summed E-state index contributed by atoms with van der Waals surface area (Å²) in [6.45, 7) is 8.08. The van der Waals surface area contributed by atoms with Crippen LogP contribution in [0.25, 0.3) is 11.8 Å². The number of amides is 4. The van der Waals surface area contributed by atoms with Crippen LogP contribution < -0.4 is 10.2 Å². The molecule has 1 aliphatic rings. The molecule has 0 radical (unpaired) electrons. The Bertz CT molecular complexity index is 1390. The number of carbonyl (C=O) groups is 3. The van der Waals surface area contributed by atoms with Crippen molar-refractivity contribution in [1.82, 2.24) is 9.88 Å². The van der Waals surface area contributed by atoms with Gasteiger partial charge in [-0.15, -0.1) is 0 Å². The molecule has 4 rings (SSSR count). The fourth-order valence-electron chi connectivity index (χ4n) is 4.30. The number of benzene rings is 2. The maximum absolute atomic E-state index is 13.3. The van der Waals surface area contributed by atoms with Gasteiger partial charge in [0.2, 0.25) is 0 Å². The first kappa shape index (κ1) is 23.8. The van der Waals surface area contributed by atoms with Crippen LogP contribution in [0.15, 0.2) is 48.0 Å². The van der Waals surface area contributed by atoms with Crippen molar-refractivity contribution < 1.29 is 14.4 Å². The molecule has 8 heteroatoms. The van der Waals surface area contributed by atoms with E-state index in [9.17, 15) is 14.4 Å². The van der Waals surface area contributed by atoms with Crippen LogP contribution in [0.2, 0.25) is 10.0 Å². The number of aromatic nitrogens is 1. The van der Waals surface area contributed by atoms with Crippen molar-refractivity contribution in [1.29, 1.82) is 0 Å². The Hall–Kier alpha value is -3.35. The molecule has 1 aromatic heterocycles. The second-order valence-corrected chi connectivity index (χ2v) is 8.91. The number of anilines is 1. The Balaban J connectivity index is 1.83. The number of carbonyl (C=O) groups excluding carboxylic acids is 3. The predicted molar refractivity (Wildman–Crippen MR) is 135 cm³/mol. The van der Waals surface area contributed by atoms with E-state index < -0.39 is 17.8 Å². The van der Waals surface area contributed by atoms with Gasteiger partial charge in [-0.05, 0) is 68.2 Å². The van der Waals surface area contributed by atoms with E-state index in [0.717, 1.165) is 34.0 Å². The third kappa shape index (κ3) is 3.93. The molecule has 6 nitrogen and oxygen atoms in total. The van der Waals surface area contributed by atoms with Crippen LogP contribution in [-0.4, -0.2) is 22.4 Å². The maximum atomic E-state index is 13.3. The molecule has 0 atom stereocenters. The Kier molecular flexibility index (Phi) is 6.39. The zero-order chi connectivity index (χ0) is 24.7. The van der Waals surface area contributed by atoms with Crippen molar-refractivity contribution in [3.63, 3.8) is 0 Å². The molecule has 0 bridgehead atoms. The van der Waals surface area contributed by atoms with Crippen LogP contribution in [0.3, 0.4) is 0 Å². The molecule has 174 valence electrons. The van der Waals surface area contributed by atoms with Gasteiger partial charge in [0.1, 0.15) is 5.57 Å². The molecule has 1 saturated heterocycles. The summed E-state index contributed by atoms with van der Waals surface area (Å²) in [5.74, 6) is -1.53. The molecule has 0 spiro atoms. The number of rotatable bonds is 4. The lowest BCUT2D eigenvalue weighted by Crippen LogP contribution is -2.54. The van der Waals surface area contributed by atoms with E-state index in [2.05, 4.69) is 35.9 Å². The molecule has 1 aliphatic heterocycles. The number of barbiturate groups is 1. The van der Waals surface area contributed by atoms with E-state index in [1.165, 1.54) is 17.7 Å². The van der Waals surface area contributed by atoms with Crippen LogP contribution in [0.5, 0.6) is 0 Å². The van der Waals surface area contributed by atoms with Gasteiger partial charge < -0.3 is 4.57 Å². The normalized spacial score (nSPS) is 15.3. The summed E-state index contributed by atoms with van der Waals surface area (Å²) in [5, 5.41) is 2.46. The molecule has 2 heterocycles. The van der Waals surface area contributed by atoms with Crippen molar-refractivity contribution >= 4 is 52.8 Å². The number of nitrogens with zero attached hydrogens (tertiary/aromatic N) is 2. The van der Waals surface area contributed by atoms with Gasteiger partial charge >= 0.3 is 6.03 Å². The number of para-hydroxylation sites is 1. The van der Waals surface area contributed by atoms with Crippen molar-refractivity contribution in [3.8, 4) is 5.69 Å². The summed E-state index contributed by atoms with van der Waals surface area (Å²) in [6.07, 6.45) is 2.38. The third-order valence-electron chi connectivity index (χ3n) is 5.97. The topological polar surface area (TPSA) is 71.4 Å². The Morgan fingerprint density at radius 3 is 2.41 bits per heavy atom. The summed E-state index contributed by atoms with van der Waals surface area (Å²) in [6, 6.07) is 11.8. The number of hydrogen-bond acceptors (Lipinski definition) is 3. The highest BCUT2D eigenvalue weighted by atomic mass is 35.5. The van der Waals surface area contributed by atoms with Crippen LogP contribution >= 0.6 is 23.2 Å². The number of aryl methyl sites for hydroxylation is 3. The Morgan fingerprint density at radius 2 is 1.71 bits per heavy atom. The van der Waals surface area contributed by atoms with Crippen LogP contribution in [0, 0.1) is 20.8 Å². The van der Waals surface area contributed by atoms with Crippen molar-refractivity contribution in [3.05, 3.63) is 86.2 Å².